The van der Waals surface area contributed by atoms with Crippen molar-refractivity contribution in [3.8, 4) is 5.75 Å². The average Bonchev–Trinajstić information content (AvgIpc) is 2.69. The number of aryl methyl sites for hydroxylation is 1. The van der Waals surface area contributed by atoms with Crippen molar-refractivity contribution in [1.82, 2.24) is 0 Å². The van der Waals surface area contributed by atoms with Crippen LogP contribution in [0, 0.1) is 6.92 Å². The van der Waals surface area contributed by atoms with Crippen LogP contribution < -0.4 is 10.5 Å². The Kier molecular flexibility index (Phi) is 4.32. The minimum absolute atomic E-state index is 0.336. The van der Waals surface area contributed by atoms with Gasteiger partial charge in [0.2, 0.25) is 0 Å². The van der Waals surface area contributed by atoms with E-state index in [1.807, 2.05) is 25.1 Å². The lowest BCUT2D eigenvalue weighted by atomic mass is 10.2. The van der Waals surface area contributed by atoms with E-state index in [4.69, 9.17) is 26.5 Å². The number of hydrogen-bond donors (Lipinski definition) is 1. The monoisotopic (exact) mass is 329 g/mol. The summed E-state index contributed by atoms with van der Waals surface area (Å²) in [4.78, 5) is 0. The van der Waals surface area contributed by atoms with Gasteiger partial charge in [0.25, 0.3) is 0 Å². The van der Waals surface area contributed by atoms with Crippen LogP contribution in [0.15, 0.2) is 33.2 Å². The zero-order valence-corrected chi connectivity index (χ0v) is 12.2. The van der Waals surface area contributed by atoms with Crippen molar-refractivity contribution in [3.05, 3.63) is 50.8 Å². The molecule has 0 aliphatic heterocycles. The van der Waals surface area contributed by atoms with Gasteiger partial charge in [-0.2, -0.15) is 0 Å². The Hall–Kier alpha value is -0.970. The summed E-state index contributed by atoms with van der Waals surface area (Å²) in [6.07, 6.45) is 0. The molecule has 0 radical (unpaired) electrons. The average molecular weight is 331 g/mol. The molecule has 2 rings (SSSR count). The van der Waals surface area contributed by atoms with E-state index in [0.717, 1.165) is 21.6 Å². The van der Waals surface area contributed by atoms with Gasteiger partial charge in [0.15, 0.2) is 0 Å². The SMILES string of the molecule is Cc1cc(COc2ccc(Br)cc2Cl)oc1CN. The first kappa shape index (κ1) is 13.5. The predicted molar refractivity (Wildman–Crippen MR) is 74.8 cm³/mol. The topological polar surface area (TPSA) is 48.4 Å². The lowest BCUT2D eigenvalue weighted by Gasteiger charge is -2.06. The molecule has 0 saturated carbocycles. The van der Waals surface area contributed by atoms with Crippen LogP contribution >= 0.6 is 27.5 Å². The molecule has 0 unspecified atom stereocenters. The lowest BCUT2D eigenvalue weighted by Crippen LogP contribution is -1.96. The summed E-state index contributed by atoms with van der Waals surface area (Å²) in [5.74, 6) is 2.16. The highest BCUT2D eigenvalue weighted by Gasteiger charge is 2.08. The molecule has 0 amide bonds. The smallest absolute Gasteiger partial charge is 0.146 e. The highest BCUT2D eigenvalue weighted by atomic mass is 79.9. The van der Waals surface area contributed by atoms with E-state index < -0.39 is 0 Å². The van der Waals surface area contributed by atoms with E-state index in [1.54, 1.807) is 6.07 Å². The van der Waals surface area contributed by atoms with E-state index in [2.05, 4.69) is 15.9 Å². The van der Waals surface area contributed by atoms with Crippen molar-refractivity contribution in [1.29, 1.82) is 0 Å². The Morgan fingerprint density at radius 1 is 1.39 bits per heavy atom. The molecule has 1 aromatic heterocycles. The van der Waals surface area contributed by atoms with Gasteiger partial charge in [0, 0.05) is 4.47 Å². The Morgan fingerprint density at radius 3 is 2.78 bits per heavy atom. The first-order chi connectivity index (χ1) is 8.60. The summed E-state index contributed by atoms with van der Waals surface area (Å²) < 4.78 is 12.1. The molecule has 0 saturated heterocycles. The van der Waals surface area contributed by atoms with E-state index in [-0.39, 0.29) is 0 Å². The molecule has 1 heterocycles. The first-order valence-corrected chi connectivity index (χ1v) is 6.63. The molecule has 0 spiro atoms. The molecule has 96 valence electrons. The van der Waals surface area contributed by atoms with Crippen molar-refractivity contribution >= 4 is 27.5 Å². The number of furan rings is 1. The molecule has 5 heteroatoms. The Morgan fingerprint density at radius 2 is 2.17 bits per heavy atom. The zero-order chi connectivity index (χ0) is 13.1. The first-order valence-electron chi connectivity index (χ1n) is 5.46. The maximum atomic E-state index is 6.05. The fourth-order valence-electron chi connectivity index (χ4n) is 1.61. The second kappa shape index (κ2) is 5.78. The molecule has 0 aliphatic carbocycles. The van der Waals surface area contributed by atoms with Gasteiger partial charge in [-0.25, -0.2) is 0 Å². The zero-order valence-electron chi connectivity index (χ0n) is 9.87. The minimum atomic E-state index is 0.336. The third-order valence-electron chi connectivity index (χ3n) is 2.52. The summed E-state index contributed by atoms with van der Waals surface area (Å²) in [5, 5.41) is 0.562. The molecule has 18 heavy (non-hydrogen) atoms. The van der Waals surface area contributed by atoms with Gasteiger partial charge in [-0.05, 0) is 36.8 Å². The molecule has 1 aromatic carbocycles. The van der Waals surface area contributed by atoms with Gasteiger partial charge < -0.3 is 14.9 Å². The molecular formula is C13H13BrClNO2. The Labute approximate surface area is 119 Å². The van der Waals surface area contributed by atoms with Crippen LogP contribution in [0.5, 0.6) is 5.75 Å². The van der Waals surface area contributed by atoms with Gasteiger partial charge in [-0.15, -0.1) is 0 Å². The third kappa shape index (κ3) is 3.07. The van der Waals surface area contributed by atoms with E-state index in [1.165, 1.54) is 0 Å². The third-order valence-corrected chi connectivity index (χ3v) is 3.31. The van der Waals surface area contributed by atoms with Crippen molar-refractivity contribution in [2.45, 2.75) is 20.1 Å². The number of hydrogen-bond acceptors (Lipinski definition) is 3. The van der Waals surface area contributed by atoms with Crippen molar-refractivity contribution in [3.63, 3.8) is 0 Å². The normalized spacial score (nSPS) is 10.7. The van der Waals surface area contributed by atoms with Crippen molar-refractivity contribution < 1.29 is 9.15 Å². The van der Waals surface area contributed by atoms with Crippen molar-refractivity contribution in [2.75, 3.05) is 0 Å². The molecule has 0 bridgehead atoms. The second-order valence-electron chi connectivity index (χ2n) is 3.89. The number of nitrogens with two attached hydrogens (primary N) is 1. The summed E-state index contributed by atoms with van der Waals surface area (Å²) in [7, 11) is 0. The maximum absolute atomic E-state index is 6.05. The van der Waals surface area contributed by atoms with Crippen LogP contribution in [0.25, 0.3) is 0 Å². The summed E-state index contributed by atoms with van der Waals surface area (Å²) in [6, 6.07) is 7.40. The minimum Gasteiger partial charge on any atom is -0.484 e. The van der Waals surface area contributed by atoms with Crippen LogP contribution in [0.1, 0.15) is 17.1 Å². The summed E-state index contributed by atoms with van der Waals surface area (Å²) in [5.41, 5.74) is 6.59. The molecule has 2 aromatic rings. The molecule has 0 atom stereocenters. The van der Waals surface area contributed by atoms with Gasteiger partial charge in [0.05, 0.1) is 11.6 Å². The molecule has 3 nitrogen and oxygen atoms in total. The van der Waals surface area contributed by atoms with Crippen LogP contribution in [0.4, 0.5) is 0 Å². The predicted octanol–water partition coefficient (Wildman–Crippen LogP) is 4.04. The lowest BCUT2D eigenvalue weighted by molar-refractivity contribution is 0.266. The van der Waals surface area contributed by atoms with Crippen LogP contribution in [0.3, 0.4) is 0 Å². The number of benzene rings is 1. The van der Waals surface area contributed by atoms with Gasteiger partial charge in [-0.3, -0.25) is 0 Å². The van der Waals surface area contributed by atoms with Crippen molar-refractivity contribution in [2.24, 2.45) is 5.73 Å². The van der Waals surface area contributed by atoms with Gasteiger partial charge in [-0.1, -0.05) is 27.5 Å². The van der Waals surface area contributed by atoms with E-state index in [9.17, 15) is 0 Å². The summed E-state index contributed by atoms with van der Waals surface area (Å²) in [6.45, 7) is 2.69. The fraction of sp³-hybridized carbons (Fsp3) is 0.231. The standard InChI is InChI=1S/C13H13BrClNO2/c1-8-4-10(18-13(8)6-16)7-17-12-3-2-9(14)5-11(12)15/h2-5H,6-7,16H2,1H3. The van der Waals surface area contributed by atoms with E-state index in [0.29, 0.717) is 23.9 Å². The summed E-state index contributed by atoms with van der Waals surface area (Å²) >= 11 is 9.40. The highest BCUT2D eigenvalue weighted by Crippen LogP contribution is 2.28. The largest absolute Gasteiger partial charge is 0.484 e. The quantitative estimate of drug-likeness (QED) is 0.920. The van der Waals surface area contributed by atoms with Crippen LogP contribution in [-0.2, 0) is 13.2 Å². The molecule has 2 N–H and O–H groups in total. The molecule has 0 fully saturated rings. The maximum Gasteiger partial charge on any atom is 0.146 e. The Bertz CT molecular complexity index is 554. The van der Waals surface area contributed by atoms with Crippen LogP contribution in [-0.4, -0.2) is 0 Å². The van der Waals surface area contributed by atoms with Gasteiger partial charge in [0.1, 0.15) is 23.9 Å². The van der Waals surface area contributed by atoms with Gasteiger partial charge >= 0.3 is 0 Å². The number of halogens is 2. The number of rotatable bonds is 4. The number of ether oxygens (including phenoxy) is 1. The highest BCUT2D eigenvalue weighted by molar-refractivity contribution is 9.10. The molecular weight excluding hydrogens is 318 g/mol. The van der Waals surface area contributed by atoms with E-state index >= 15 is 0 Å². The Balaban J connectivity index is 2.06. The molecule has 0 aliphatic rings. The second-order valence-corrected chi connectivity index (χ2v) is 5.21. The van der Waals surface area contributed by atoms with Crippen LogP contribution in [0.2, 0.25) is 5.02 Å². The fourth-order valence-corrected chi connectivity index (χ4v) is 2.33.